The summed E-state index contributed by atoms with van der Waals surface area (Å²) in [6.45, 7) is 2.60. The molecule has 1 unspecified atom stereocenters. The third-order valence-electron chi connectivity index (χ3n) is 4.19. The molecule has 1 fully saturated rings. The summed E-state index contributed by atoms with van der Waals surface area (Å²) in [5.41, 5.74) is 2.31. The van der Waals surface area contributed by atoms with E-state index in [1.165, 1.54) is 6.92 Å². The lowest BCUT2D eigenvalue weighted by atomic mass is 10.0. The molecule has 0 aliphatic carbocycles. The topological polar surface area (TPSA) is 80.1 Å². The summed E-state index contributed by atoms with van der Waals surface area (Å²) < 4.78 is 1.64. The Bertz CT molecular complexity index is 755. The molecule has 2 aromatic rings. The lowest BCUT2D eigenvalue weighted by Crippen LogP contribution is -2.31. The van der Waals surface area contributed by atoms with Crippen LogP contribution >= 0.6 is 0 Å². The molecule has 0 bridgehead atoms. The summed E-state index contributed by atoms with van der Waals surface area (Å²) in [4.78, 5) is 29.9. The molecule has 2 amide bonds. The molecule has 3 rings (SSSR count). The fourth-order valence-electron chi connectivity index (χ4n) is 3.05. The molecule has 2 aromatic heterocycles. The van der Waals surface area contributed by atoms with E-state index in [9.17, 15) is 9.59 Å². The van der Waals surface area contributed by atoms with Crippen LogP contribution in [0.1, 0.15) is 47.6 Å². The van der Waals surface area contributed by atoms with Gasteiger partial charge in [0.15, 0.2) is 0 Å². The van der Waals surface area contributed by atoms with Gasteiger partial charge in [-0.3, -0.25) is 19.3 Å². The fourth-order valence-corrected chi connectivity index (χ4v) is 3.05. The zero-order valence-electron chi connectivity index (χ0n) is 13.9. The van der Waals surface area contributed by atoms with Crippen LogP contribution < -0.4 is 5.32 Å². The van der Waals surface area contributed by atoms with Crippen LogP contribution in [0.4, 0.5) is 0 Å². The molecule has 3 heterocycles. The minimum Gasteiger partial charge on any atom is -0.351 e. The van der Waals surface area contributed by atoms with E-state index in [4.69, 9.17) is 0 Å². The standard InChI is InChI=1S/C17H21N5O2/c1-12(23)19-11-14-10-13(5-7-18-14)16-4-3-8-22(16)17(24)15-6-9-21(2)20-15/h5-7,9-10,16H,3-4,8,11H2,1-2H3,(H,19,23). The number of nitrogens with one attached hydrogen (secondary N) is 1. The number of amides is 2. The van der Waals surface area contributed by atoms with Gasteiger partial charge in [0.25, 0.3) is 5.91 Å². The molecule has 1 N–H and O–H groups in total. The Hall–Kier alpha value is -2.70. The average molecular weight is 327 g/mol. The maximum atomic E-state index is 12.7. The van der Waals surface area contributed by atoms with Gasteiger partial charge in [-0.2, -0.15) is 5.10 Å². The number of hydrogen-bond donors (Lipinski definition) is 1. The molecule has 0 aromatic carbocycles. The quantitative estimate of drug-likeness (QED) is 0.921. The first-order chi connectivity index (χ1) is 11.5. The van der Waals surface area contributed by atoms with Crippen molar-refractivity contribution in [3.8, 4) is 0 Å². The van der Waals surface area contributed by atoms with Gasteiger partial charge >= 0.3 is 0 Å². The van der Waals surface area contributed by atoms with Gasteiger partial charge in [-0.05, 0) is 36.6 Å². The predicted octanol–water partition coefficient (Wildman–Crippen LogP) is 1.43. The molecule has 1 aliphatic rings. The lowest BCUT2D eigenvalue weighted by molar-refractivity contribution is -0.119. The molecule has 1 saturated heterocycles. The number of likely N-dealkylation sites (tertiary alicyclic amines) is 1. The van der Waals surface area contributed by atoms with Crippen molar-refractivity contribution in [3.63, 3.8) is 0 Å². The van der Waals surface area contributed by atoms with E-state index in [1.54, 1.807) is 30.2 Å². The minimum absolute atomic E-state index is 0.0265. The molecular weight excluding hydrogens is 306 g/mol. The van der Waals surface area contributed by atoms with Crippen LogP contribution in [0.2, 0.25) is 0 Å². The number of nitrogens with zero attached hydrogens (tertiary/aromatic N) is 4. The van der Waals surface area contributed by atoms with E-state index in [1.807, 2.05) is 17.0 Å². The van der Waals surface area contributed by atoms with Gasteiger partial charge in [-0.25, -0.2) is 0 Å². The highest BCUT2D eigenvalue weighted by Crippen LogP contribution is 2.33. The number of aryl methyl sites for hydroxylation is 1. The summed E-state index contributed by atoms with van der Waals surface area (Å²) in [6, 6.07) is 5.67. The van der Waals surface area contributed by atoms with Gasteiger partial charge < -0.3 is 10.2 Å². The van der Waals surface area contributed by atoms with Crippen molar-refractivity contribution in [2.24, 2.45) is 7.05 Å². The van der Waals surface area contributed by atoms with Gasteiger partial charge in [0.1, 0.15) is 5.69 Å². The number of carbonyl (C=O) groups excluding carboxylic acids is 2. The molecule has 126 valence electrons. The highest BCUT2D eigenvalue weighted by atomic mass is 16.2. The summed E-state index contributed by atoms with van der Waals surface area (Å²) in [6.07, 6.45) is 5.39. The van der Waals surface area contributed by atoms with Crippen LogP contribution in [0.5, 0.6) is 0 Å². The Labute approximate surface area is 140 Å². The molecule has 0 spiro atoms. The van der Waals surface area contributed by atoms with E-state index >= 15 is 0 Å². The second-order valence-corrected chi connectivity index (χ2v) is 6.02. The first-order valence-corrected chi connectivity index (χ1v) is 8.04. The van der Waals surface area contributed by atoms with Gasteiger partial charge in [-0.15, -0.1) is 0 Å². The van der Waals surface area contributed by atoms with Crippen molar-refractivity contribution in [2.75, 3.05) is 6.54 Å². The largest absolute Gasteiger partial charge is 0.351 e. The Balaban J connectivity index is 1.79. The Morgan fingerprint density at radius 1 is 1.38 bits per heavy atom. The molecule has 0 radical (unpaired) electrons. The number of carbonyl (C=O) groups is 2. The molecule has 1 atom stereocenters. The lowest BCUT2D eigenvalue weighted by Gasteiger charge is -2.24. The van der Waals surface area contributed by atoms with Crippen LogP contribution in [-0.2, 0) is 18.4 Å². The highest BCUT2D eigenvalue weighted by molar-refractivity contribution is 5.92. The number of hydrogen-bond acceptors (Lipinski definition) is 4. The van der Waals surface area contributed by atoms with Crippen LogP contribution in [-0.4, -0.2) is 38.0 Å². The molecular formula is C17H21N5O2. The summed E-state index contributed by atoms with van der Waals surface area (Å²) in [5.74, 6) is -0.131. The smallest absolute Gasteiger partial charge is 0.274 e. The van der Waals surface area contributed by atoms with Crippen LogP contribution in [0.15, 0.2) is 30.6 Å². The van der Waals surface area contributed by atoms with Gasteiger partial charge in [0.2, 0.25) is 5.91 Å². The van der Waals surface area contributed by atoms with Crippen molar-refractivity contribution in [1.29, 1.82) is 0 Å². The first kappa shape index (κ1) is 16.2. The van der Waals surface area contributed by atoms with E-state index in [2.05, 4.69) is 15.4 Å². The SMILES string of the molecule is CC(=O)NCc1cc(C2CCCN2C(=O)c2ccn(C)n2)ccn1. The zero-order valence-corrected chi connectivity index (χ0v) is 13.9. The van der Waals surface area contributed by atoms with Gasteiger partial charge in [-0.1, -0.05) is 0 Å². The normalized spacial score (nSPS) is 17.1. The third-order valence-corrected chi connectivity index (χ3v) is 4.19. The average Bonchev–Trinajstić information content (AvgIpc) is 3.21. The molecule has 7 heteroatoms. The van der Waals surface area contributed by atoms with Crippen LogP contribution in [0.25, 0.3) is 0 Å². The Morgan fingerprint density at radius 2 is 2.21 bits per heavy atom. The van der Waals surface area contributed by atoms with Crippen molar-refractivity contribution >= 4 is 11.8 Å². The maximum Gasteiger partial charge on any atom is 0.274 e. The van der Waals surface area contributed by atoms with Crippen molar-refractivity contribution in [2.45, 2.75) is 32.4 Å². The molecule has 1 aliphatic heterocycles. The highest BCUT2D eigenvalue weighted by Gasteiger charge is 2.31. The second kappa shape index (κ2) is 6.82. The fraction of sp³-hybridized carbons (Fsp3) is 0.412. The molecule has 0 saturated carbocycles. The van der Waals surface area contributed by atoms with Crippen molar-refractivity contribution < 1.29 is 9.59 Å². The van der Waals surface area contributed by atoms with Crippen LogP contribution in [0.3, 0.4) is 0 Å². The van der Waals surface area contributed by atoms with Gasteiger partial charge in [0, 0.05) is 32.9 Å². The first-order valence-electron chi connectivity index (χ1n) is 8.04. The van der Waals surface area contributed by atoms with Crippen molar-refractivity contribution in [3.05, 3.63) is 47.5 Å². The molecule has 7 nitrogen and oxygen atoms in total. The number of aromatic nitrogens is 3. The van der Waals surface area contributed by atoms with E-state index in [0.717, 1.165) is 30.6 Å². The van der Waals surface area contributed by atoms with E-state index in [-0.39, 0.29) is 17.9 Å². The summed E-state index contributed by atoms with van der Waals surface area (Å²) in [5, 5.41) is 6.96. The Morgan fingerprint density at radius 3 is 2.92 bits per heavy atom. The summed E-state index contributed by atoms with van der Waals surface area (Å²) in [7, 11) is 1.80. The third kappa shape index (κ3) is 3.45. The minimum atomic E-state index is -0.0879. The summed E-state index contributed by atoms with van der Waals surface area (Å²) >= 11 is 0. The second-order valence-electron chi connectivity index (χ2n) is 6.02. The van der Waals surface area contributed by atoms with E-state index in [0.29, 0.717) is 12.2 Å². The monoisotopic (exact) mass is 327 g/mol. The van der Waals surface area contributed by atoms with Crippen molar-refractivity contribution in [1.82, 2.24) is 25.0 Å². The van der Waals surface area contributed by atoms with Gasteiger partial charge in [0.05, 0.1) is 18.3 Å². The zero-order chi connectivity index (χ0) is 17.1. The number of pyridine rings is 1. The Kier molecular flexibility index (Phi) is 4.59. The molecule has 24 heavy (non-hydrogen) atoms. The number of rotatable bonds is 4. The maximum absolute atomic E-state index is 12.7. The predicted molar refractivity (Wildman–Crippen MR) is 88.0 cm³/mol. The van der Waals surface area contributed by atoms with Crippen LogP contribution in [0, 0.1) is 0 Å². The van der Waals surface area contributed by atoms with E-state index < -0.39 is 0 Å².